The predicted molar refractivity (Wildman–Crippen MR) is 96.0 cm³/mol. The van der Waals surface area contributed by atoms with E-state index in [1.165, 1.54) is 11.3 Å². The van der Waals surface area contributed by atoms with E-state index in [-0.39, 0.29) is 5.91 Å². The van der Waals surface area contributed by atoms with Crippen molar-refractivity contribution < 1.29 is 4.79 Å². The molecule has 0 radical (unpaired) electrons. The molecule has 8 heteroatoms. The Morgan fingerprint density at radius 1 is 1.28 bits per heavy atom. The van der Waals surface area contributed by atoms with E-state index in [0.717, 1.165) is 27.7 Å². The maximum atomic E-state index is 12.1. The minimum atomic E-state index is 0.00756. The monoisotopic (exact) mass is 356 g/mol. The number of aromatic nitrogens is 5. The standard InChI is InChI=1S/C17H20N6OS/c1-11-14(12(2)23(3)22-11)5-6-15(24)20-9-13-10-25-17(21-13)16-18-7-4-8-19-16/h4,7-8,10H,5-6,9H2,1-3H3,(H,20,24). The van der Waals surface area contributed by atoms with E-state index in [1.807, 2.05) is 31.0 Å². The summed E-state index contributed by atoms with van der Waals surface area (Å²) in [5.74, 6) is 0.612. The molecule has 0 aliphatic rings. The number of nitrogens with zero attached hydrogens (tertiary/aromatic N) is 5. The van der Waals surface area contributed by atoms with Crippen molar-refractivity contribution in [2.75, 3.05) is 0 Å². The molecular formula is C17H20N6OS. The predicted octanol–water partition coefficient (Wildman–Crippen LogP) is 2.20. The van der Waals surface area contributed by atoms with Crippen LogP contribution < -0.4 is 5.32 Å². The smallest absolute Gasteiger partial charge is 0.220 e. The molecule has 3 rings (SSSR count). The summed E-state index contributed by atoms with van der Waals surface area (Å²) < 4.78 is 1.85. The fraction of sp³-hybridized carbons (Fsp3) is 0.353. The lowest BCUT2D eigenvalue weighted by atomic mass is 10.1. The Morgan fingerprint density at radius 2 is 2.04 bits per heavy atom. The molecule has 0 atom stereocenters. The average Bonchev–Trinajstić information content (AvgIpc) is 3.18. The first-order valence-corrected chi connectivity index (χ1v) is 8.90. The van der Waals surface area contributed by atoms with Crippen molar-refractivity contribution in [1.29, 1.82) is 0 Å². The molecule has 0 spiro atoms. The largest absolute Gasteiger partial charge is 0.350 e. The van der Waals surface area contributed by atoms with Crippen LogP contribution in [0.1, 0.15) is 29.1 Å². The molecule has 0 fully saturated rings. The lowest BCUT2D eigenvalue weighted by Crippen LogP contribution is -2.23. The number of carbonyl (C=O) groups is 1. The topological polar surface area (TPSA) is 85.6 Å². The molecule has 1 amide bonds. The molecule has 0 saturated heterocycles. The second-order valence-corrected chi connectivity index (χ2v) is 6.62. The molecule has 3 aromatic heterocycles. The third kappa shape index (κ3) is 4.08. The fourth-order valence-corrected chi connectivity index (χ4v) is 3.36. The van der Waals surface area contributed by atoms with Crippen LogP contribution >= 0.6 is 11.3 Å². The minimum Gasteiger partial charge on any atom is -0.350 e. The minimum absolute atomic E-state index is 0.00756. The van der Waals surface area contributed by atoms with Gasteiger partial charge in [-0.3, -0.25) is 9.48 Å². The van der Waals surface area contributed by atoms with Gasteiger partial charge in [-0.1, -0.05) is 0 Å². The van der Waals surface area contributed by atoms with Crippen molar-refractivity contribution in [3.63, 3.8) is 0 Å². The van der Waals surface area contributed by atoms with Crippen LogP contribution in [0, 0.1) is 13.8 Å². The molecule has 25 heavy (non-hydrogen) atoms. The molecular weight excluding hydrogens is 336 g/mol. The molecule has 7 nitrogen and oxygen atoms in total. The number of hydrogen-bond donors (Lipinski definition) is 1. The summed E-state index contributed by atoms with van der Waals surface area (Å²) in [6.45, 7) is 4.41. The van der Waals surface area contributed by atoms with Gasteiger partial charge in [0.05, 0.1) is 17.9 Å². The van der Waals surface area contributed by atoms with E-state index in [9.17, 15) is 4.79 Å². The molecule has 0 unspecified atom stereocenters. The number of carbonyl (C=O) groups excluding carboxylic acids is 1. The van der Waals surface area contributed by atoms with E-state index in [2.05, 4.69) is 25.4 Å². The van der Waals surface area contributed by atoms with Crippen LogP contribution in [0.15, 0.2) is 23.8 Å². The highest BCUT2D eigenvalue weighted by Gasteiger charge is 2.12. The number of aryl methyl sites for hydroxylation is 2. The maximum absolute atomic E-state index is 12.1. The van der Waals surface area contributed by atoms with Gasteiger partial charge in [-0.05, 0) is 31.9 Å². The molecule has 3 heterocycles. The lowest BCUT2D eigenvalue weighted by Gasteiger charge is -2.04. The summed E-state index contributed by atoms with van der Waals surface area (Å²) in [4.78, 5) is 24.9. The average molecular weight is 356 g/mol. The van der Waals surface area contributed by atoms with Crippen molar-refractivity contribution in [2.24, 2.45) is 7.05 Å². The van der Waals surface area contributed by atoms with Crippen LogP contribution in [0.2, 0.25) is 0 Å². The van der Waals surface area contributed by atoms with Crippen LogP contribution in [0.4, 0.5) is 0 Å². The maximum Gasteiger partial charge on any atom is 0.220 e. The summed E-state index contributed by atoms with van der Waals surface area (Å²) >= 11 is 1.47. The summed E-state index contributed by atoms with van der Waals surface area (Å²) in [5, 5.41) is 9.97. The SMILES string of the molecule is Cc1nn(C)c(C)c1CCC(=O)NCc1csc(-c2ncccn2)n1. The van der Waals surface area contributed by atoms with Crippen LogP contribution in [0.3, 0.4) is 0 Å². The highest BCUT2D eigenvalue weighted by molar-refractivity contribution is 7.13. The summed E-state index contributed by atoms with van der Waals surface area (Å²) in [7, 11) is 1.92. The highest BCUT2D eigenvalue weighted by Crippen LogP contribution is 2.19. The number of thiazole rings is 1. The van der Waals surface area contributed by atoms with E-state index < -0.39 is 0 Å². The molecule has 1 N–H and O–H groups in total. The Balaban J connectivity index is 1.52. The van der Waals surface area contributed by atoms with Crippen LogP contribution in [-0.4, -0.2) is 30.6 Å². The summed E-state index contributed by atoms with van der Waals surface area (Å²) in [5.41, 5.74) is 4.06. The van der Waals surface area contributed by atoms with Gasteiger partial charge in [-0.15, -0.1) is 11.3 Å². The third-order valence-corrected chi connectivity index (χ3v) is 4.92. The normalized spacial score (nSPS) is 10.8. The number of hydrogen-bond acceptors (Lipinski definition) is 6. The number of nitrogens with one attached hydrogen (secondary N) is 1. The Bertz CT molecular complexity index is 871. The number of rotatable bonds is 6. The first kappa shape index (κ1) is 17.2. The lowest BCUT2D eigenvalue weighted by molar-refractivity contribution is -0.121. The Morgan fingerprint density at radius 3 is 2.72 bits per heavy atom. The zero-order valence-corrected chi connectivity index (χ0v) is 15.3. The van der Waals surface area contributed by atoms with Crippen LogP contribution in [0.5, 0.6) is 0 Å². The number of amides is 1. The van der Waals surface area contributed by atoms with Gasteiger partial charge < -0.3 is 5.32 Å². The van der Waals surface area contributed by atoms with Gasteiger partial charge in [-0.2, -0.15) is 5.10 Å². The van der Waals surface area contributed by atoms with E-state index in [1.54, 1.807) is 18.5 Å². The van der Waals surface area contributed by atoms with Crippen molar-refractivity contribution in [2.45, 2.75) is 33.2 Å². The first-order valence-electron chi connectivity index (χ1n) is 8.02. The van der Waals surface area contributed by atoms with Gasteiger partial charge in [-0.25, -0.2) is 15.0 Å². The summed E-state index contributed by atoms with van der Waals surface area (Å²) in [6.07, 6.45) is 4.50. The van der Waals surface area contributed by atoms with Crippen molar-refractivity contribution in [3.8, 4) is 10.8 Å². The second kappa shape index (κ2) is 7.52. The third-order valence-electron chi connectivity index (χ3n) is 4.04. The Hall–Kier alpha value is -2.61. The van der Waals surface area contributed by atoms with Gasteiger partial charge in [0.1, 0.15) is 0 Å². The zero-order valence-electron chi connectivity index (χ0n) is 14.5. The van der Waals surface area contributed by atoms with Crippen molar-refractivity contribution >= 4 is 17.2 Å². The van der Waals surface area contributed by atoms with E-state index in [0.29, 0.717) is 25.2 Å². The van der Waals surface area contributed by atoms with E-state index in [4.69, 9.17) is 0 Å². The molecule has 0 aliphatic heterocycles. The zero-order chi connectivity index (χ0) is 17.8. The van der Waals surface area contributed by atoms with Gasteiger partial charge in [0.2, 0.25) is 5.91 Å². The Kier molecular flexibility index (Phi) is 5.18. The Labute approximate surface area is 150 Å². The van der Waals surface area contributed by atoms with Crippen LogP contribution in [0.25, 0.3) is 10.8 Å². The van der Waals surface area contributed by atoms with Gasteiger partial charge in [0, 0.05) is 36.9 Å². The van der Waals surface area contributed by atoms with Crippen molar-refractivity contribution in [1.82, 2.24) is 30.0 Å². The van der Waals surface area contributed by atoms with Gasteiger partial charge in [0.15, 0.2) is 10.8 Å². The molecule has 3 aromatic rings. The molecule has 0 saturated carbocycles. The summed E-state index contributed by atoms with van der Waals surface area (Å²) in [6, 6.07) is 1.77. The molecule has 0 aromatic carbocycles. The van der Waals surface area contributed by atoms with Crippen molar-refractivity contribution in [3.05, 3.63) is 46.5 Å². The molecule has 130 valence electrons. The van der Waals surface area contributed by atoms with Crippen LogP contribution in [-0.2, 0) is 24.8 Å². The van der Waals surface area contributed by atoms with Gasteiger partial charge >= 0.3 is 0 Å². The first-order chi connectivity index (χ1) is 12.0. The molecule has 0 bridgehead atoms. The quantitative estimate of drug-likeness (QED) is 0.732. The molecule has 0 aliphatic carbocycles. The van der Waals surface area contributed by atoms with Gasteiger partial charge in [0.25, 0.3) is 0 Å². The van der Waals surface area contributed by atoms with E-state index >= 15 is 0 Å². The highest BCUT2D eigenvalue weighted by atomic mass is 32.1. The second-order valence-electron chi connectivity index (χ2n) is 5.77. The fourth-order valence-electron chi connectivity index (χ4n) is 2.60.